The molecular weight excluding hydrogens is 284 g/mol. The second-order valence-electron chi connectivity index (χ2n) is 4.63. The predicted molar refractivity (Wildman–Crippen MR) is 73.9 cm³/mol. The highest BCUT2D eigenvalue weighted by Crippen LogP contribution is 2.20. The van der Waals surface area contributed by atoms with Crippen molar-refractivity contribution in [2.45, 2.75) is 25.3 Å². The van der Waals surface area contributed by atoms with E-state index in [-0.39, 0.29) is 22.4 Å². The molecule has 0 radical (unpaired) electrons. The Balaban J connectivity index is 2.15. The van der Waals surface area contributed by atoms with E-state index in [1.54, 1.807) is 0 Å². The smallest absolute Gasteiger partial charge is 0.300 e. The lowest BCUT2D eigenvalue weighted by atomic mass is 10.1. The van der Waals surface area contributed by atoms with E-state index >= 15 is 0 Å². The predicted octanol–water partition coefficient (Wildman–Crippen LogP) is 1.52. The summed E-state index contributed by atoms with van der Waals surface area (Å²) >= 11 is 5.71. The van der Waals surface area contributed by atoms with E-state index < -0.39 is 10.8 Å². The maximum atomic E-state index is 12.2. The summed E-state index contributed by atoms with van der Waals surface area (Å²) in [4.78, 5) is 26.1. The summed E-state index contributed by atoms with van der Waals surface area (Å²) in [5.74, 6) is -0.479. The van der Waals surface area contributed by atoms with Crippen LogP contribution < -0.4 is 10.6 Å². The minimum atomic E-state index is -0.632. The van der Waals surface area contributed by atoms with Gasteiger partial charge in [-0.1, -0.05) is 11.6 Å². The number of pyridine rings is 1. The molecule has 1 unspecified atom stereocenters. The number of hydrogen-bond acceptors (Lipinski definition) is 5. The molecule has 20 heavy (non-hydrogen) atoms. The van der Waals surface area contributed by atoms with Gasteiger partial charge >= 0.3 is 0 Å². The third kappa shape index (κ3) is 3.64. The Hall–Kier alpha value is -1.73. The summed E-state index contributed by atoms with van der Waals surface area (Å²) in [6, 6.07) is 1.24. The molecule has 1 aliphatic rings. The Morgan fingerprint density at radius 2 is 2.30 bits per heavy atom. The molecule has 0 aliphatic carbocycles. The van der Waals surface area contributed by atoms with Gasteiger partial charge < -0.3 is 10.6 Å². The van der Waals surface area contributed by atoms with Crippen LogP contribution in [0.1, 0.15) is 29.6 Å². The van der Waals surface area contributed by atoms with Crippen molar-refractivity contribution in [3.8, 4) is 0 Å². The first-order valence-corrected chi connectivity index (χ1v) is 6.77. The summed E-state index contributed by atoms with van der Waals surface area (Å²) in [6.07, 6.45) is 3.62. The number of rotatable bonds is 3. The number of nitrogens with one attached hydrogen (secondary N) is 2. The first kappa shape index (κ1) is 14.7. The lowest BCUT2D eigenvalue weighted by molar-refractivity contribution is -0.385. The summed E-state index contributed by atoms with van der Waals surface area (Å²) in [7, 11) is 0. The van der Waals surface area contributed by atoms with Gasteiger partial charge in [-0.3, -0.25) is 14.9 Å². The summed E-state index contributed by atoms with van der Waals surface area (Å²) in [6.45, 7) is 1.75. The second-order valence-corrected chi connectivity index (χ2v) is 5.02. The van der Waals surface area contributed by atoms with E-state index in [1.165, 1.54) is 6.07 Å². The Kier molecular flexibility index (Phi) is 4.86. The number of nitro groups is 1. The van der Waals surface area contributed by atoms with Gasteiger partial charge in [0, 0.05) is 6.04 Å². The molecule has 0 saturated carbocycles. The van der Waals surface area contributed by atoms with Crippen molar-refractivity contribution in [3.63, 3.8) is 0 Å². The van der Waals surface area contributed by atoms with Crippen LogP contribution in [0.15, 0.2) is 12.3 Å². The zero-order valence-corrected chi connectivity index (χ0v) is 11.5. The Morgan fingerprint density at radius 1 is 1.50 bits per heavy atom. The second kappa shape index (κ2) is 6.62. The van der Waals surface area contributed by atoms with Gasteiger partial charge in [0.05, 0.1) is 4.92 Å². The van der Waals surface area contributed by atoms with Crippen LogP contribution in [0, 0.1) is 10.1 Å². The quantitative estimate of drug-likeness (QED) is 0.501. The van der Waals surface area contributed by atoms with Crippen LogP contribution in [0.25, 0.3) is 0 Å². The number of carbonyl (C=O) groups excluding carboxylic acids is 1. The molecular formula is C12H15ClN4O3. The third-order valence-corrected chi connectivity index (χ3v) is 3.41. The van der Waals surface area contributed by atoms with E-state index in [0.29, 0.717) is 0 Å². The summed E-state index contributed by atoms with van der Waals surface area (Å²) < 4.78 is 0. The van der Waals surface area contributed by atoms with Crippen LogP contribution >= 0.6 is 11.6 Å². The highest BCUT2D eigenvalue weighted by Gasteiger charge is 2.23. The fourth-order valence-electron chi connectivity index (χ4n) is 2.18. The topological polar surface area (TPSA) is 97.2 Å². The van der Waals surface area contributed by atoms with Crippen LogP contribution in [0.4, 0.5) is 5.69 Å². The molecule has 1 aliphatic heterocycles. The number of halogens is 1. The van der Waals surface area contributed by atoms with Crippen LogP contribution in [0.2, 0.25) is 5.15 Å². The van der Waals surface area contributed by atoms with Gasteiger partial charge in [-0.2, -0.15) is 0 Å². The molecule has 8 heteroatoms. The van der Waals surface area contributed by atoms with Crippen molar-refractivity contribution >= 4 is 23.2 Å². The van der Waals surface area contributed by atoms with Crippen molar-refractivity contribution in [2.75, 3.05) is 13.1 Å². The third-order valence-electron chi connectivity index (χ3n) is 3.20. The molecule has 0 bridgehead atoms. The molecule has 1 amide bonds. The van der Waals surface area contributed by atoms with Crippen LogP contribution in [-0.4, -0.2) is 34.9 Å². The number of amides is 1. The van der Waals surface area contributed by atoms with Gasteiger partial charge in [0.2, 0.25) is 0 Å². The molecule has 1 saturated heterocycles. The first-order chi connectivity index (χ1) is 9.58. The van der Waals surface area contributed by atoms with Gasteiger partial charge in [-0.05, 0) is 38.4 Å². The minimum absolute atomic E-state index is 0.0176. The van der Waals surface area contributed by atoms with Gasteiger partial charge in [0.15, 0.2) is 0 Å². The van der Waals surface area contributed by atoms with E-state index in [4.69, 9.17) is 11.6 Å². The molecule has 2 rings (SSSR count). The minimum Gasteiger partial charge on any atom is -0.349 e. The zero-order valence-electron chi connectivity index (χ0n) is 10.8. The van der Waals surface area contributed by atoms with Crippen molar-refractivity contribution in [3.05, 3.63) is 33.1 Å². The molecule has 1 aromatic rings. The molecule has 0 spiro atoms. The van der Waals surface area contributed by atoms with Gasteiger partial charge in [0.25, 0.3) is 11.6 Å². The molecule has 0 aromatic carbocycles. The molecule has 2 heterocycles. The maximum Gasteiger partial charge on any atom is 0.300 e. The average Bonchev–Trinajstić information content (AvgIpc) is 2.66. The van der Waals surface area contributed by atoms with E-state index in [1.807, 2.05) is 0 Å². The first-order valence-electron chi connectivity index (χ1n) is 6.39. The number of aromatic nitrogens is 1. The fourth-order valence-corrected chi connectivity index (χ4v) is 2.33. The molecule has 108 valence electrons. The Labute approximate surface area is 120 Å². The Bertz CT molecular complexity index is 515. The van der Waals surface area contributed by atoms with Crippen molar-refractivity contribution in [2.24, 2.45) is 0 Å². The van der Waals surface area contributed by atoms with Crippen LogP contribution in [-0.2, 0) is 0 Å². The van der Waals surface area contributed by atoms with Crippen LogP contribution in [0.5, 0.6) is 0 Å². The van der Waals surface area contributed by atoms with Crippen molar-refractivity contribution < 1.29 is 9.72 Å². The number of nitrogens with zero attached hydrogens (tertiary/aromatic N) is 2. The van der Waals surface area contributed by atoms with Crippen molar-refractivity contribution in [1.29, 1.82) is 0 Å². The van der Waals surface area contributed by atoms with Crippen molar-refractivity contribution in [1.82, 2.24) is 15.6 Å². The molecule has 7 nitrogen and oxygen atoms in total. The highest BCUT2D eigenvalue weighted by atomic mass is 35.5. The largest absolute Gasteiger partial charge is 0.349 e. The monoisotopic (exact) mass is 298 g/mol. The van der Waals surface area contributed by atoms with Crippen LogP contribution in [0.3, 0.4) is 0 Å². The maximum absolute atomic E-state index is 12.2. The van der Waals surface area contributed by atoms with E-state index in [0.717, 1.165) is 38.5 Å². The van der Waals surface area contributed by atoms with E-state index in [2.05, 4.69) is 15.6 Å². The zero-order chi connectivity index (χ0) is 14.5. The Morgan fingerprint density at radius 3 is 3.05 bits per heavy atom. The molecule has 1 atom stereocenters. The molecule has 1 aromatic heterocycles. The molecule has 2 N–H and O–H groups in total. The van der Waals surface area contributed by atoms with Gasteiger partial charge in [-0.25, -0.2) is 4.98 Å². The highest BCUT2D eigenvalue weighted by molar-refractivity contribution is 6.29. The summed E-state index contributed by atoms with van der Waals surface area (Å²) in [5.41, 5.74) is -0.383. The van der Waals surface area contributed by atoms with Gasteiger partial charge in [-0.15, -0.1) is 0 Å². The fraction of sp³-hybridized carbons (Fsp3) is 0.500. The number of carbonyl (C=O) groups is 1. The lowest BCUT2D eigenvalue weighted by Gasteiger charge is -2.15. The molecule has 1 fully saturated rings. The lowest BCUT2D eigenvalue weighted by Crippen LogP contribution is -2.35. The van der Waals surface area contributed by atoms with Gasteiger partial charge in [0.1, 0.15) is 16.9 Å². The summed E-state index contributed by atoms with van der Waals surface area (Å²) in [5, 5.41) is 17.0. The average molecular weight is 299 g/mol. The van der Waals surface area contributed by atoms with E-state index in [9.17, 15) is 14.9 Å². The number of hydrogen-bond donors (Lipinski definition) is 2. The SMILES string of the molecule is O=C(NC1CCCNCC1)c1cc(Cl)ncc1[N+](=O)[O-]. The standard InChI is InChI=1S/C12H15ClN4O3/c13-11-6-9(10(7-15-11)17(19)20)12(18)16-8-2-1-4-14-5-3-8/h6-8,14H,1-5H2,(H,16,18). The normalized spacial score (nSPS) is 19.1.